The van der Waals surface area contributed by atoms with E-state index in [1.807, 2.05) is 31.2 Å². The largest absolute Gasteiger partial charge is 0.497 e. The van der Waals surface area contributed by atoms with Crippen LogP contribution in [0, 0.1) is 5.41 Å². The Morgan fingerprint density at radius 1 is 1.28 bits per heavy atom. The van der Waals surface area contributed by atoms with Gasteiger partial charge in [-0.25, -0.2) is 0 Å². The minimum absolute atomic E-state index is 0.0350. The fourth-order valence-corrected chi connectivity index (χ4v) is 3.99. The molecule has 2 N–H and O–H groups in total. The zero-order valence-corrected chi connectivity index (χ0v) is 15.0. The maximum Gasteiger partial charge on any atom is 0.238 e. The highest BCUT2D eigenvalue weighted by Gasteiger charge is 2.55. The van der Waals surface area contributed by atoms with E-state index in [0.717, 1.165) is 50.5 Å². The van der Waals surface area contributed by atoms with Crippen LogP contribution >= 0.6 is 0 Å². The summed E-state index contributed by atoms with van der Waals surface area (Å²) >= 11 is 0. The Kier molecular flexibility index (Phi) is 5.93. The molecule has 1 spiro atoms. The zero-order chi connectivity index (χ0) is 17.7. The average molecular weight is 348 g/mol. The normalized spacial score (nSPS) is 24.6. The maximum atomic E-state index is 12.2. The Morgan fingerprint density at radius 3 is 2.64 bits per heavy atom. The van der Waals surface area contributed by atoms with Crippen molar-refractivity contribution in [3.05, 3.63) is 24.3 Å². The smallest absolute Gasteiger partial charge is 0.238 e. The van der Waals surface area contributed by atoms with E-state index in [-0.39, 0.29) is 17.4 Å². The van der Waals surface area contributed by atoms with E-state index in [2.05, 4.69) is 10.6 Å². The molecule has 138 valence electrons. The molecule has 0 radical (unpaired) electrons. The molecule has 2 unspecified atom stereocenters. The molecule has 2 atom stereocenters. The first-order chi connectivity index (χ1) is 12.2. The number of nitrogens with one attached hydrogen (secondary N) is 2. The van der Waals surface area contributed by atoms with Crippen molar-refractivity contribution in [3.8, 4) is 5.75 Å². The van der Waals surface area contributed by atoms with Crippen molar-refractivity contribution in [1.82, 2.24) is 5.32 Å². The monoisotopic (exact) mass is 348 g/mol. The number of hydrogen-bond acceptors (Lipinski definition) is 5. The van der Waals surface area contributed by atoms with Crippen molar-refractivity contribution in [2.75, 3.05) is 38.8 Å². The molecule has 2 aliphatic rings. The molecule has 1 aromatic carbocycles. The summed E-state index contributed by atoms with van der Waals surface area (Å²) in [6, 6.07) is 7.66. The van der Waals surface area contributed by atoms with Gasteiger partial charge in [-0.1, -0.05) is 0 Å². The molecule has 3 rings (SSSR count). The van der Waals surface area contributed by atoms with Gasteiger partial charge in [0.05, 0.1) is 19.8 Å². The van der Waals surface area contributed by atoms with Crippen LogP contribution in [0.5, 0.6) is 5.75 Å². The molecular weight excluding hydrogens is 320 g/mol. The van der Waals surface area contributed by atoms with Gasteiger partial charge in [-0.15, -0.1) is 0 Å². The molecular formula is C19H28N2O4. The number of anilines is 1. The molecule has 6 nitrogen and oxygen atoms in total. The molecule has 1 saturated carbocycles. The van der Waals surface area contributed by atoms with Crippen LogP contribution in [0.3, 0.4) is 0 Å². The third-order valence-corrected chi connectivity index (χ3v) is 5.46. The summed E-state index contributed by atoms with van der Waals surface area (Å²) in [4.78, 5) is 12.2. The van der Waals surface area contributed by atoms with Gasteiger partial charge >= 0.3 is 0 Å². The fraction of sp³-hybridized carbons (Fsp3) is 0.632. The summed E-state index contributed by atoms with van der Waals surface area (Å²) in [6.07, 6.45) is 3.23. The lowest BCUT2D eigenvalue weighted by molar-refractivity contribution is -0.173. The molecule has 1 heterocycles. The summed E-state index contributed by atoms with van der Waals surface area (Å²) in [5, 5.41) is 6.35. The number of amides is 1. The first-order valence-corrected chi connectivity index (χ1v) is 9.04. The van der Waals surface area contributed by atoms with Gasteiger partial charge in [0.25, 0.3) is 0 Å². The lowest BCUT2D eigenvalue weighted by Crippen LogP contribution is -2.66. The maximum absolute atomic E-state index is 12.2. The second-order valence-corrected chi connectivity index (χ2v) is 6.74. The highest BCUT2D eigenvalue weighted by Crippen LogP contribution is 2.50. The first-order valence-electron chi connectivity index (χ1n) is 9.04. The third kappa shape index (κ3) is 3.97. The molecule has 1 amide bonds. The van der Waals surface area contributed by atoms with Crippen molar-refractivity contribution in [2.45, 2.75) is 38.3 Å². The molecule has 0 aromatic heterocycles. The van der Waals surface area contributed by atoms with E-state index in [9.17, 15) is 4.79 Å². The molecule has 0 bridgehead atoms. The average Bonchev–Trinajstić information content (AvgIpc) is 2.65. The summed E-state index contributed by atoms with van der Waals surface area (Å²) in [7, 11) is 1.62. The van der Waals surface area contributed by atoms with Gasteiger partial charge in [0.15, 0.2) is 0 Å². The number of rotatable bonds is 7. The van der Waals surface area contributed by atoms with Crippen molar-refractivity contribution in [1.29, 1.82) is 0 Å². The predicted octanol–water partition coefficient (Wildman–Crippen LogP) is 2.20. The Labute approximate surface area is 149 Å². The first kappa shape index (κ1) is 18.2. The summed E-state index contributed by atoms with van der Waals surface area (Å²) in [5.74, 6) is 0.737. The second-order valence-electron chi connectivity index (χ2n) is 6.74. The van der Waals surface area contributed by atoms with Gasteiger partial charge in [0, 0.05) is 37.0 Å². The lowest BCUT2D eigenvalue weighted by Gasteiger charge is -2.57. The number of methoxy groups -OCH3 is 1. The third-order valence-electron chi connectivity index (χ3n) is 5.46. The van der Waals surface area contributed by atoms with Gasteiger partial charge in [0.2, 0.25) is 5.91 Å². The standard InChI is InChI=1S/C19H28N2O4/c1-3-25-17-12-16(19(17)8-10-24-11-9-19)20-13-18(22)21-14-4-6-15(23-2)7-5-14/h4-7,16-17,20H,3,8-13H2,1-2H3,(H,21,22). The minimum Gasteiger partial charge on any atom is -0.497 e. The molecule has 2 fully saturated rings. The predicted molar refractivity (Wildman–Crippen MR) is 95.9 cm³/mol. The van der Waals surface area contributed by atoms with Crippen LogP contribution in [0.4, 0.5) is 5.69 Å². The molecule has 1 aliphatic heterocycles. The van der Waals surface area contributed by atoms with E-state index >= 15 is 0 Å². The van der Waals surface area contributed by atoms with E-state index in [1.54, 1.807) is 7.11 Å². The molecule has 6 heteroatoms. The minimum atomic E-state index is -0.0350. The van der Waals surface area contributed by atoms with Crippen LogP contribution < -0.4 is 15.4 Å². The van der Waals surface area contributed by atoms with Gasteiger partial charge in [-0.05, 0) is 50.5 Å². The Balaban J connectivity index is 1.51. The number of ether oxygens (including phenoxy) is 3. The van der Waals surface area contributed by atoms with Crippen LogP contribution in [0.15, 0.2) is 24.3 Å². The topological polar surface area (TPSA) is 68.8 Å². The molecule has 1 aliphatic carbocycles. The highest BCUT2D eigenvalue weighted by molar-refractivity contribution is 5.92. The van der Waals surface area contributed by atoms with Gasteiger partial charge in [0.1, 0.15) is 5.75 Å². The van der Waals surface area contributed by atoms with Crippen LogP contribution in [-0.4, -0.2) is 51.5 Å². The number of carbonyl (C=O) groups excluding carboxylic acids is 1. The second kappa shape index (κ2) is 8.17. The molecule has 25 heavy (non-hydrogen) atoms. The van der Waals surface area contributed by atoms with E-state index in [4.69, 9.17) is 14.2 Å². The summed E-state index contributed by atoms with van der Waals surface area (Å²) in [5.41, 5.74) is 0.892. The van der Waals surface area contributed by atoms with Crippen molar-refractivity contribution in [3.63, 3.8) is 0 Å². The SMILES string of the molecule is CCOC1CC(NCC(=O)Nc2ccc(OC)cc2)C12CCOCC2. The van der Waals surface area contributed by atoms with Crippen LogP contribution in [0.1, 0.15) is 26.2 Å². The number of hydrogen-bond donors (Lipinski definition) is 2. The Hall–Kier alpha value is -1.63. The van der Waals surface area contributed by atoms with E-state index in [1.165, 1.54) is 0 Å². The van der Waals surface area contributed by atoms with Gasteiger partial charge in [-0.2, -0.15) is 0 Å². The van der Waals surface area contributed by atoms with Crippen LogP contribution in [0.25, 0.3) is 0 Å². The molecule has 1 aromatic rings. The fourth-order valence-electron chi connectivity index (χ4n) is 3.99. The van der Waals surface area contributed by atoms with Crippen molar-refractivity contribution in [2.24, 2.45) is 5.41 Å². The Morgan fingerprint density at radius 2 is 2.00 bits per heavy atom. The Bertz CT molecular complexity index is 569. The van der Waals surface area contributed by atoms with Crippen molar-refractivity contribution < 1.29 is 19.0 Å². The van der Waals surface area contributed by atoms with Crippen LogP contribution in [-0.2, 0) is 14.3 Å². The van der Waals surface area contributed by atoms with E-state index < -0.39 is 0 Å². The number of carbonyl (C=O) groups is 1. The van der Waals surface area contributed by atoms with Crippen molar-refractivity contribution >= 4 is 11.6 Å². The van der Waals surface area contributed by atoms with Gasteiger partial charge < -0.3 is 24.8 Å². The van der Waals surface area contributed by atoms with Crippen LogP contribution in [0.2, 0.25) is 0 Å². The number of benzene rings is 1. The highest BCUT2D eigenvalue weighted by atomic mass is 16.5. The zero-order valence-electron chi connectivity index (χ0n) is 15.0. The van der Waals surface area contributed by atoms with E-state index in [0.29, 0.717) is 12.6 Å². The van der Waals surface area contributed by atoms with Gasteiger partial charge in [-0.3, -0.25) is 4.79 Å². The molecule has 1 saturated heterocycles. The summed E-state index contributed by atoms with van der Waals surface area (Å²) < 4.78 is 16.6. The lowest BCUT2D eigenvalue weighted by atomic mass is 9.57. The summed E-state index contributed by atoms with van der Waals surface area (Å²) in [6.45, 7) is 4.63. The quantitative estimate of drug-likeness (QED) is 0.791.